The monoisotopic (exact) mass is 227 g/mol. The van der Waals surface area contributed by atoms with Crippen LogP contribution in [0.25, 0.3) is 0 Å². The molecule has 0 radical (unpaired) electrons. The second kappa shape index (κ2) is 3.76. The molecule has 0 saturated heterocycles. The molecule has 0 spiro atoms. The zero-order chi connectivity index (χ0) is 10.2. The minimum atomic E-state index is 0.255. The van der Waals surface area contributed by atoms with Gasteiger partial charge < -0.3 is 5.73 Å². The van der Waals surface area contributed by atoms with Gasteiger partial charge in [0.2, 0.25) is 0 Å². The van der Waals surface area contributed by atoms with E-state index in [0.29, 0.717) is 5.92 Å². The molecule has 2 atom stereocenters. The van der Waals surface area contributed by atoms with Crippen LogP contribution in [0.3, 0.4) is 0 Å². The molecule has 0 aromatic heterocycles. The van der Waals surface area contributed by atoms with Crippen molar-refractivity contribution in [2.75, 3.05) is 6.54 Å². The third-order valence-electron chi connectivity index (χ3n) is 2.89. The van der Waals surface area contributed by atoms with Crippen LogP contribution in [0.2, 0.25) is 5.02 Å². The lowest BCUT2D eigenvalue weighted by atomic mass is 10.3. The summed E-state index contributed by atoms with van der Waals surface area (Å²) >= 11 is 7.94. The first-order chi connectivity index (χ1) is 6.68. The highest BCUT2D eigenvalue weighted by molar-refractivity contribution is 8.01. The molecule has 3 heteroatoms. The van der Waals surface area contributed by atoms with Gasteiger partial charge in [-0.15, -0.1) is 11.8 Å². The average molecular weight is 228 g/mol. The normalized spacial score (nSPS) is 30.4. The van der Waals surface area contributed by atoms with Crippen LogP contribution in [0.4, 0.5) is 0 Å². The van der Waals surface area contributed by atoms with Crippen molar-refractivity contribution in [2.24, 2.45) is 11.7 Å². The summed E-state index contributed by atoms with van der Waals surface area (Å²) in [5.41, 5.74) is 5.79. The molecule has 2 unspecified atom stereocenters. The Balaban J connectivity index is 2.15. The third kappa shape index (κ3) is 1.79. The largest absolute Gasteiger partial charge is 0.329 e. The molecular formula is C11H14ClNS. The average Bonchev–Trinajstić information content (AvgIpc) is 2.82. The van der Waals surface area contributed by atoms with E-state index >= 15 is 0 Å². The maximum atomic E-state index is 6.10. The molecular weight excluding hydrogens is 214 g/mol. The summed E-state index contributed by atoms with van der Waals surface area (Å²) in [5, 5.41) is 0.837. The SMILES string of the molecule is CC1CC1(CN)Sc1ccccc1Cl. The lowest BCUT2D eigenvalue weighted by molar-refractivity contribution is 0.807. The van der Waals surface area contributed by atoms with Crippen molar-refractivity contribution in [2.45, 2.75) is 23.0 Å². The fourth-order valence-electron chi connectivity index (χ4n) is 1.67. The second-order valence-corrected chi connectivity index (χ2v) is 5.77. The Morgan fingerprint density at radius 2 is 2.21 bits per heavy atom. The van der Waals surface area contributed by atoms with E-state index in [1.54, 1.807) is 0 Å². The highest BCUT2D eigenvalue weighted by atomic mass is 35.5. The van der Waals surface area contributed by atoms with Crippen LogP contribution in [0.1, 0.15) is 13.3 Å². The van der Waals surface area contributed by atoms with Crippen LogP contribution in [0.5, 0.6) is 0 Å². The Morgan fingerprint density at radius 1 is 1.57 bits per heavy atom. The first-order valence-electron chi connectivity index (χ1n) is 4.81. The summed E-state index contributed by atoms with van der Waals surface area (Å²) in [6, 6.07) is 7.97. The zero-order valence-corrected chi connectivity index (χ0v) is 9.74. The molecule has 1 aliphatic rings. The van der Waals surface area contributed by atoms with Crippen LogP contribution in [0.15, 0.2) is 29.2 Å². The summed E-state index contributed by atoms with van der Waals surface area (Å²) in [7, 11) is 0. The molecule has 0 aliphatic heterocycles. The van der Waals surface area contributed by atoms with Gasteiger partial charge in [-0.05, 0) is 24.5 Å². The number of hydrogen-bond donors (Lipinski definition) is 1. The van der Waals surface area contributed by atoms with Crippen molar-refractivity contribution < 1.29 is 0 Å². The molecule has 1 aromatic rings. The van der Waals surface area contributed by atoms with Crippen LogP contribution in [-0.4, -0.2) is 11.3 Å². The molecule has 1 fully saturated rings. The van der Waals surface area contributed by atoms with E-state index in [2.05, 4.69) is 13.0 Å². The van der Waals surface area contributed by atoms with Crippen LogP contribution >= 0.6 is 23.4 Å². The Labute approximate surface area is 94.0 Å². The predicted octanol–water partition coefficient (Wildman–Crippen LogP) is 3.17. The molecule has 14 heavy (non-hydrogen) atoms. The number of benzene rings is 1. The van der Waals surface area contributed by atoms with Crippen molar-refractivity contribution in [3.8, 4) is 0 Å². The van der Waals surface area contributed by atoms with E-state index in [4.69, 9.17) is 17.3 Å². The maximum absolute atomic E-state index is 6.10. The highest BCUT2D eigenvalue weighted by Gasteiger charge is 2.50. The van der Waals surface area contributed by atoms with E-state index < -0.39 is 0 Å². The van der Waals surface area contributed by atoms with Gasteiger partial charge in [0.05, 0.1) is 5.02 Å². The highest BCUT2D eigenvalue weighted by Crippen LogP contribution is 2.56. The molecule has 1 aliphatic carbocycles. The van der Waals surface area contributed by atoms with Crippen molar-refractivity contribution in [1.82, 2.24) is 0 Å². The first-order valence-corrected chi connectivity index (χ1v) is 6.01. The summed E-state index contributed by atoms with van der Waals surface area (Å²) in [6.07, 6.45) is 1.21. The van der Waals surface area contributed by atoms with Crippen molar-refractivity contribution in [3.05, 3.63) is 29.3 Å². The van der Waals surface area contributed by atoms with Gasteiger partial charge in [0, 0.05) is 16.2 Å². The van der Waals surface area contributed by atoms with Gasteiger partial charge in [-0.2, -0.15) is 0 Å². The maximum Gasteiger partial charge on any atom is 0.0542 e. The van der Waals surface area contributed by atoms with Crippen molar-refractivity contribution in [1.29, 1.82) is 0 Å². The Morgan fingerprint density at radius 3 is 2.71 bits per heavy atom. The van der Waals surface area contributed by atoms with Crippen LogP contribution in [-0.2, 0) is 0 Å². The number of rotatable bonds is 3. The van der Waals surface area contributed by atoms with Crippen molar-refractivity contribution >= 4 is 23.4 Å². The van der Waals surface area contributed by atoms with E-state index in [0.717, 1.165) is 16.5 Å². The first kappa shape index (κ1) is 10.3. The Kier molecular flexibility index (Phi) is 2.78. The molecule has 1 saturated carbocycles. The van der Waals surface area contributed by atoms with Gasteiger partial charge in [0.15, 0.2) is 0 Å². The van der Waals surface area contributed by atoms with E-state index in [9.17, 15) is 0 Å². The lowest BCUT2D eigenvalue weighted by Gasteiger charge is -2.14. The van der Waals surface area contributed by atoms with Gasteiger partial charge in [0.1, 0.15) is 0 Å². The number of nitrogens with two attached hydrogens (primary N) is 1. The van der Waals surface area contributed by atoms with Crippen LogP contribution < -0.4 is 5.73 Å². The third-order valence-corrected chi connectivity index (χ3v) is 5.04. The molecule has 1 nitrogen and oxygen atoms in total. The fraction of sp³-hybridized carbons (Fsp3) is 0.455. The van der Waals surface area contributed by atoms with Gasteiger partial charge in [-0.25, -0.2) is 0 Å². The standard InChI is InChI=1S/C11H14ClNS/c1-8-6-11(8,7-13)14-10-5-3-2-4-9(10)12/h2-5,8H,6-7,13H2,1H3. The quantitative estimate of drug-likeness (QED) is 0.859. The number of thioether (sulfide) groups is 1. The number of hydrogen-bond acceptors (Lipinski definition) is 2. The second-order valence-electron chi connectivity index (χ2n) is 3.91. The van der Waals surface area contributed by atoms with Gasteiger partial charge in [-0.1, -0.05) is 30.7 Å². The Hall–Kier alpha value is -0.180. The molecule has 2 N–H and O–H groups in total. The summed E-state index contributed by atoms with van der Waals surface area (Å²) < 4.78 is 0.255. The lowest BCUT2D eigenvalue weighted by Crippen LogP contribution is -2.20. The minimum Gasteiger partial charge on any atom is -0.329 e. The summed E-state index contributed by atoms with van der Waals surface area (Å²) in [5.74, 6) is 0.716. The molecule has 0 bridgehead atoms. The van der Waals surface area contributed by atoms with E-state index in [-0.39, 0.29) is 4.75 Å². The molecule has 0 heterocycles. The van der Waals surface area contributed by atoms with Crippen LogP contribution in [0, 0.1) is 5.92 Å². The molecule has 0 amide bonds. The molecule has 76 valence electrons. The summed E-state index contributed by atoms with van der Waals surface area (Å²) in [4.78, 5) is 1.16. The fourth-order valence-corrected chi connectivity index (χ4v) is 3.29. The molecule has 1 aromatic carbocycles. The zero-order valence-electron chi connectivity index (χ0n) is 8.16. The smallest absolute Gasteiger partial charge is 0.0542 e. The van der Waals surface area contributed by atoms with Gasteiger partial charge >= 0.3 is 0 Å². The van der Waals surface area contributed by atoms with E-state index in [1.807, 2.05) is 30.0 Å². The Bertz CT molecular complexity index is 338. The van der Waals surface area contributed by atoms with Gasteiger partial charge in [-0.3, -0.25) is 0 Å². The van der Waals surface area contributed by atoms with Crippen molar-refractivity contribution in [3.63, 3.8) is 0 Å². The predicted molar refractivity (Wildman–Crippen MR) is 62.9 cm³/mol. The van der Waals surface area contributed by atoms with E-state index in [1.165, 1.54) is 6.42 Å². The topological polar surface area (TPSA) is 26.0 Å². The minimum absolute atomic E-state index is 0.255. The number of halogens is 1. The summed E-state index contributed by atoms with van der Waals surface area (Å²) in [6.45, 7) is 2.99. The van der Waals surface area contributed by atoms with Gasteiger partial charge in [0.25, 0.3) is 0 Å². The molecule has 2 rings (SSSR count).